The van der Waals surface area contributed by atoms with Crippen molar-refractivity contribution in [3.63, 3.8) is 0 Å². The molecule has 1 N–H and O–H groups in total. The molecule has 0 saturated heterocycles. The van der Waals surface area contributed by atoms with Crippen LogP contribution in [0.15, 0.2) is 90.6 Å². The number of thiophene rings is 1. The van der Waals surface area contributed by atoms with Crippen molar-refractivity contribution < 1.29 is 14.3 Å². The van der Waals surface area contributed by atoms with Gasteiger partial charge in [0.15, 0.2) is 0 Å². The van der Waals surface area contributed by atoms with E-state index in [0.29, 0.717) is 12.2 Å². The smallest absolute Gasteiger partial charge is 0.248 e. The van der Waals surface area contributed by atoms with E-state index in [2.05, 4.69) is 10.3 Å². The van der Waals surface area contributed by atoms with Gasteiger partial charge in [-0.05, 0) is 53.8 Å². The van der Waals surface area contributed by atoms with E-state index in [-0.39, 0.29) is 18.2 Å². The van der Waals surface area contributed by atoms with Crippen LogP contribution in [0, 0.1) is 6.92 Å². The number of benzene rings is 2. The number of ether oxygens (including phenoxy) is 1. The number of hydrogen-bond acceptors (Lipinski definition) is 5. The number of carbonyl (C=O) groups excluding carboxylic acids is 2. The lowest BCUT2D eigenvalue weighted by Gasteiger charge is -2.31. The van der Waals surface area contributed by atoms with E-state index in [1.165, 1.54) is 11.3 Å². The van der Waals surface area contributed by atoms with Crippen LogP contribution in [0.3, 0.4) is 0 Å². The summed E-state index contributed by atoms with van der Waals surface area (Å²) in [6.07, 6.45) is 3.46. The zero-order valence-corrected chi connectivity index (χ0v) is 20.5. The lowest BCUT2D eigenvalue weighted by molar-refractivity contribution is -0.126. The van der Waals surface area contributed by atoms with Gasteiger partial charge in [-0.3, -0.25) is 19.5 Å². The highest BCUT2D eigenvalue weighted by atomic mass is 32.1. The first-order chi connectivity index (χ1) is 17.0. The first-order valence-electron chi connectivity index (χ1n) is 11.3. The summed E-state index contributed by atoms with van der Waals surface area (Å²) < 4.78 is 5.21. The van der Waals surface area contributed by atoms with Gasteiger partial charge in [0.05, 0.1) is 25.4 Å². The third kappa shape index (κ3) is 6.13. The number of nitrogens with one attached hydrogen (secondary N) is 1. The summed E-state index contributed by atoms with van der Waals surface area (Å²) in [6, 6.07) is 21.8. The summed E-state index contributed by atoms with van der Waals surface area (Å²) in [6.45, 7) is 2.31. The third-order valence-electron chi connectivity index (χ3n) is 5.62. The van der Waals surface area contributed by atoms with Crippen molar-refractivity contribution in [2.24, 2.45) is 0 Å². The molecule has 0 fully saturated rings. The molecule has 4 rings (SSSR count). The Morgan fingerprint density at radius 3 is 2.43 bits per heavy atom. The highest BCUT2D eigenvalue weighted by Gasteiger charge is 2.33. The van der Waals surface area contributed by atoms with E-state index in [0.717, 1.165) is 27.3 Å². The minimum atomic E-state index is -0.856. The summed E-state index contributed by atoms with van der Waals surface area (Å²) in [5.74, 6) is 0.304. The molecule has 4 aromatic rings. The van der Waals surface area contributed by atoms with Crippen LogP contribution in [0.1, 0.15) is 27.6 Å². The number of aryl methyl sites for hydroxylation is 1. The number of rotatable bonds is 9. The number of amides is 2. The van der Waals surface area contributed by atoms with Gasteiger partial charge in [-0.15, -0.1) is 11.3 Å². The lowest BCUT2D eigenvalue weighted by Crippen LogP contribution is -2.44. The molecule has 35 heavy (non-hydrogen) atoms. The van der Waals surface area contributed by atoms with E-state index < -0.39 is 6.04 Å². The van der Waals surface area contributed by atoms with Crippen molar-refractivity contribution in [2.45, 2.75) is 25.9 Å². The quantitative estimate of drug-likeness (QED) is 0.358. The van der Waals surface area contributed by atoms with Crippen molar-refractivity contribution in [1.29, 1.82) is 0 Å². The van der Waals surface area contributed by atoms with Gasteiger partial charge in [-0.1, -0.05) is 48.0 Å². The normalized spacial score (nSPS) is 11.5. The molecule has 2 heterocycles. The van der Waals surface area contributed by atoms with Crippen molar-refractivity contribution >= 4 is 28.8 Å². The summed E-state index contributed by atoms with van der Waals surface area (Å²) in [4.78, 5) is 34.1. The van der Waals surface area contributed by atoms with E-state index in [4.69, 9.17) is 4.74 Å². The Morgan fingerprint density at radius 2 is 1.80 bits per heavy atom. The predicted molar refractivity (Wildman–Crippen MR) is 139 cm³/mol. The highest BCUT2D eigenvalue weighted by Crippen LogP contribution is 2.29. The standard InChI is InChI=1S/C28H27N3O3S/c1-20-7-11-22(12-8-20)27(28(33)30-18-21-9-13-24(34-2)14-10-21)31(23-5-3-15-29-19-23)26(32)17-25-6-4-16-35-25/h3-16,19,27H,17-18H2,1-2H3,(H,30,33). The van der Waals surface area contributed by atoms with Gasteiger partial charge in [0, 0.05) is 17.6 Å². The molecule has 7 heteroatoms. The summed E-state index contributed by atoms with van der Waals surface area (Å²) in [5.41, 5.74) is 3.30. The van der Waals surface area contributed by atoms with Crippen LogP contribution in [-0.2, 0) is 22.6 Å². The second kappa shape index (κ2) is 11.4. The van der Waals surface area contributed by atoms with E-state index in [1.807, 2.05) is 73.0 Å². The first kappa shape index (κ1) is 24.2. The fourth-order valence-electron chi connectivity index (χ4n) is 3.78. The Balaban J connectivity index is 1.67. The average Bonchev–Trinajstić information content (AvgIpc) is 3.40. The molecule has 0 spiro atoms. The molecule has 2 amide bonds. The van der Waals surface area contributed by atoms with Gasteiger partial charge in [0.2, 0.25) is 11.8 Å². The first-order valence-corrected chi connectivity index (χ1v) is 12.1. The maximum Gasteiger partial charge on any atom is 0.248 e. The zero-order valence-electron chi connectivity index (χ0n) is 19.7. The van der Waals surface area contributed by atoms with E-state index in [9.17, 15) is 9.59 Å². The maximum atomic E-state index is 13.7. The number of carbonyl (C=O) groups is 2. The second-order valence-corrected chi connectivity index (χ2v) is 9.14. The monoisotopic (exact) mass is 485 g/mol. The lowest BCUT2D eigenvalue weighted by atomic mass is 10.0. The van der Waals surface area contributed by atoms with Crippen LogP contribution in [0.4, 0.5) is 5.69 Å². The molecule has 2 aromatic carbocycles. The molecule has 0 aliphatic rings. The van der Waals surface area contributed by atoms with Crippen molar-refractivity contribution in [3.8, 4) is 5.75 Å². The SMILES string of the molecule is COc1ccc(CNC(=O)C(c2ccc(C)cc2)N(C(=O)Cc2cccs2)c2cccnc2)cc1. The molecule has 6 nitrogen and oxygen atoms in total. The van der Waals surface area contributed by atoms with Gasteiger partial charge in [-0.2, -0.15) is 0 Å². The Bertz CT molecular complexity index is 1240. The number of anilines is 1. The number of nitrogens with zero attached hydrogens (tertiary/aromatic N) is 2. The topological polar surface area (TPSA) is 71.5 Å². The number of pyridine rings is 1. The van der Waals surface area contributed by atoms with Gasteiger partial charge in [0.1, 0.15) is 11.8 Å². The fraction of sp³-hybridized carbons (Fsp3) is 0.179. The third-order valence-corrected chi connectivity index (χ3v) is 6.50. The molecular weight excluding hydrogens is 458 g/mol. The maximum absolute atomic E-state index is 13.7. The molecule has 0 aliphatic heterocycles. The zero-order chi connectivity index (χ0) is 24.6. The fourth-order valence-corrected chi connectivity index (χ4v) is 4.47. The van der Waals surface area contributed by atoms with Gasteiger partial charge >= 0.3 is 0 Å². The summed E-state index contributed by atoms with van der Waals surface area (Å²) in [5, 5.41) is 4.96. The molecule has 1 atom stereocenters. The van der Waals surface area contributed by atoms with E-state index >= 15 is 0 Å². The highest BCUT2D eigenvalue weighted by molar-refractivity contribution is 7.10. The van der Waals surface area contributed by atoms with Gasteiger partial charge in [0.25, 0.3) is 0 Å². The summed E-state index contributed by atoms with van der Waals surface area (Å²) in [7, 11) is 1.61. The van der Waals surface area contributed by atoms with Crippen LogP contribution in [-0.4, -0.2) is 23.9 Å². The van der Waals surface area contributed by atoms with Crippen molar-refractivity contribution in [2.75, 3.05) is 12.0 Å². The van der Waals surface area contributed by atoms with Gasteiger partial charge < -0.3 is 10.1 Å². The van der Waals surface area contributed by atoms with Gasteiger partial charge in [-0.25, -0.2) is 0 Å². The predicted octanol–water partition coefficient (Wildman–Crippen LogP) is 5.09. The minimum absolute atomic E-state index is 0.175. The van der Waals surface area contributed by atoms with Crippen LogP contribution in [0.2, 0.25) is 0 Å². The molecule has 0 radical (unpaired) electrons. The Morgan fingerprint density at radius 1 is 1.03 bits per heavy atom. The van der Waals surface area contributed by atoms with Crippen LogP contribution in [0.25, 0.3) is 0 Å². The Labute approximate surface area is 209 Å². The average molecular weight is 486 g/mol. The van der Waals surface area contributed by atoms with Crippen LogP contribution in [0.5, 0.6) is 5.75 Å². The van der Waals surface area contributed by atoms with Crippen LogP contribution < -0.4 is 15.0 Å². The number of methoxy groups -OCH3 is 1. The summed E-state index contributed by atoms with van der Waals surface area (Å²) >= 11 is 1.52. The number of hydrogen-bond donors (Lipinski definition) is 1. The number of aromatic nitrogens is 1. The largest absolute Gasteiger partial charge is 0.497 e. The molecule has 1 unspecified atom stereocenters. The van der Waals surface area contributed by atoms with Crippen molar-refractivity contribution in [1.82, 2.24) is 10.3 Å². The molecule has 0 aliphatic carbocycles. The Kier molecular flexibility index (Phi) is 7.90. The molecular formula is C28H27N3O3S. The molecule has 2 aromatic heterocycles. The minimum Gasteiger partial charge on any atom is -0.497 e. The molecule has 178 valence electrons. The van der Waals surface area contributed by atoms with E-state index in [1.54, 1.807) is 36.5 Å². The van der Waals surface area contributed by atoms with Crippen LogP contribution >= 0.6 is 11.3 Å². The van der Waals surface area contributed by atoms with Crippen molar-refractivity contribution in [3.05, 3.63) is 112 Å². The molecule has 0 bridgehead atoms. The molecule has 0 saturated carbocycles. The Hall–Kier alpha value is -3.97. The second-order valence-electron chi connectivity index (χ2n) is 8.11.